The van der Waals surface area contributed by atoms with Gasteiger partial charge in [0, 0.05) is 16.9 Å². The lowest BCUT2D eigenvalue weighted by molar-refractivity contribution is 0.0886. The monoisotopic (exact) mass is 529 g/mol. The highest BCUT2D eigenvalue weighted by molar-refractivity contribution is 7.98. The fourth-order valence-corrected chi connectivity index (χ4v) is 4.86. The van der Waals surface area contributed by atoms with E-state index in [0.717, 1.165) is 5.56 Å². The molecule has 1 atom stereocenters. The minimum absolute atomic E-state index is 0.0167. The third kappa shape index (κ3) is 5.84. The Morgan fingerprint density at radius 3 is 2.32 bits per heavy atom. The number of oxazole rings is 1. The van der Waals surface area contributed by atoms with Gasteiger partial charge in [-0.05, 0) is 55.2 Å². The lowest BCUT2D eigenvalue weighted by Crippen LogP contribution is -2.12. The van der Waals surface area contributed by atoms with Crippen molar-refractivity contribution in [2.24, 2.45) is 0 Å². The van der Waals surface area contributed by atoms with Crippen LogP contribution in [0.2, 0.25) is 0 Å². The summed E-state index contributed by atoms with van der Waals surface area (Å²) in [7, 11) is 0. The van der Waals surface area contributed by atoms with Gasteiger partial charge in [0.25, 0.3) is 0 Å². The van der Waals surface area contributed by atoms with Gasteiger partial charge in [0.05, 0.1) is 24.0 Å². The largest absolute Gasteiger partial charge is 0.441 e. The highest BCUT2D eigenvalue weighted by Crippen LogP contribution is 2.37. The number of rotatable bonds is 9. The molecule has 0 aliphatic rings. The Morgan fingerprint density at radius 2 is 1.68 bits per heavy atom. The Bertz CT molecular complexity index is 1520. The number of hydrogen-bond acceptors (Lipinski definition) is 9. The topological polar surface area (TPSA) is 153 Å². The Hall–Kier alpha value is -4.22. The maximum Gasteiger partial charge on any atom is 0.226 e. The van der Waals surface area contributed by atoms with E-state index in [4.69, 9.17) is 15.3 Å². The Labute approximate surface area is 223 Å². The van der Waals surface area contributed by atoms with Crippen molar-refractivity contribution >= 4 is 17.6 Å². The number of nitriles is 2. The van der Waals surface area contributed by atoms with Gasteiger partial charge in [0.15, 0.2) is 0 Å². The molecule has 0 radical (unpaired) electrons. The number of pyridine rings is 1. The van der Waals surface area contributed by atoms with Crippen molar-refractivity contribution in [2.45, 2.75) is 36.6 Å². The molecule has 4 aromatic rings. The number of nitrogens with two attached hydrogens (primary N) is 1. The fraction of sp³-hybridized carbons (Fsp3) is 0.214. The first-order valence-electron chi connectivity index (χ1n) is 11.7. The van der Waals surface area contributed by atoms with E-state index in [1.165, 1.54) is 23.9 Å². The highest BCUT2D eigenvalue weighted by atomic mass is 32.2. The fourth-order valence-electron chi connectivity index (χ4n) is 3.87. The molecule has 0 saturated heterocycles. The van der Waals surface area contributed by atoms with Gasteiger partial charge in [0.1, 0.15) is 40.1 Å². The molecule has 192 valence electrons. The number of nitrogen functional groups attached to an aromatic ring is 1. The molecule has 0 fully saturated rings. The quantitative estimate of drug-likeness (QED) is 0.261. The maximum absolute atomic E-state index is 13.3. The number of benzene rings is 2. The van der Waals surface area contributed by atoms with Gasteiger partial charge in [-0.25, -0.2) is 14.4 Å². The number of anilines is 1. The third-order valence-corrected chi connectivity index (χ3v) is 6.95. The van der Waals surface area contributed by atoms with Gasteiger partial charge >= 0.3 is 0 Å². The minimum atomic E-state index is -0.787. The van der Waals surface area contributed by atoms with Crippen molar-refractivity contribution in [3.8, 4) is 34.7 Å². The summed E-state index contributed by atoms with van der Waals surface area (Å²) >= 11 is 1.25. The molecule has 4 rings (SSSR count). The molecule has 0 unspecified atom stereocenters. The van der Waals surface area contributed by atoms with Crippen molar-refractivity contribution < 1.29 is 19.0 Å². The van der Waals surface area contributed by atoms with Crippen LogP contribution in [0.4, 0.5) is 10.2 Å². The molecule has 2 heterocycles. The average molecular weight is 530 g/mol. The second-order valence-corrected chi connectivity index (χ2v) is 9.50. The number of aromatic nitrogens is 2. The molecule has 0 amide bonds. The molecule has 0 aliphatic carbocycles. The Balaban J connectivity index is 1.63. The van der Waals surface area contributed by atoms with Gasteiger partial charge in [-0.1, -0.05) is 36.0 Å². The standard InChI is InChI=1S/C28H24FN5O3S/c1-16-24(33-27(37-16)19-7-9-20(29)10-8-19)15-38-28-23(13-31)25(22(12-30)26(32)34-28)18-5-2-17(3-6-18)4-11-21(36)14-35/h2-3,5-10,21,35-36H,4,11,14-15H2,1H3,(H2,32,34)/t21-/m0/s1. The predicted octanol–water partition coefficient (Wildman–Crippen LogP) is 4.75. The van der Waals surface area contributed by atoms with Crippen LogP contribution in [-0.4, -0.2) is 32.9 Å². The van der Waals surface area contributed by atoms with Crippen LogP contribution in [0.15, 0.2) is 58.0 Å². The van der Waals surface area contributed by atoms with Crippen LogP contribution in [0.1, 0.15) is 34.6 Å². The van der Waals surface area contributed by atoms with E-state index in [1.54, 1.807) is 31.2 Å². The van der Waals surface area contributed by atoms with E-state index in [9.17, 15) is 20.0 Å². The number of aryl methyl sites for hydroxylation is 2. The number of nitrogens with zero attached hydrogens (tertiary/aromatic N) is 4. The molecule has 2 aromatic carbocycles. The third-order valence-electron chi connectivity index (χ3n) is 5.96. The molecule has 0 aliphatic heterocycles. The SMILES string of the molecule is Cc1oc(-c2ccc(F)cc2)nc1CSc1nc(N)c(C#N)c(-c2ccc(CC[C@H](O)CO)cc2)c1C#N. The zero-order valence-electron chi connectivity index (χ0n) is 20.5. The number of aliphatic hydroxyl groups excluding tert-OH is 2. The van der Waals surface area contributed by atoms with Crippen LogP contribution in [0.3, 0.4) is 0 Å². The van der Waals surface area contributed by atoms with Gasteiger partial charge in [0.2, 0.25) is 5.89 Å². The zero-order chi connectivity index (χ0) is 27.2. The number of hydrogen-bond donors (Lipinski definition) is 3. The van der Waals surface area contributed by atoms with Gasteiger partial charge < -0.3 is 20.4 Å². The smallest absolute Gasteiger partial charge is 0.226 e. The summed E-state index contributed by atoms with van der Waals surface area (Å²) in [5.74, 6) is 0.933. The zero-order valence-corrected chi connectivity index (χ0v) is 21.3. The molecular weight excluding hydrogens is 505 g/mol. The maximum atomic E-state index is 13.3. The Kier molecular flexibility index (Phi) is 8.39. The normalized spacial score (nSPS) is 11.6. The lowest BCUT2D eigenvalue weighted by atomic mass is 9.95. The summed E-state index contributed by atoms with van der Waals surface area (Å²) in [4.78, 5) is 8.87. The van der Waals surface area contributed by atoms with Crippen LogP contribution in [-0.2, 0) is 12.2 Å². The first-order chi connectivity index (χ1) is 18.3. The van der Waals surface area contributed by atoms with Crippen molar-refractivity contribution in [1.82, 2.24) is 9.97 Å². The van der Waals surface area contributed by atoms with Gasteiger partial charge in [-0.15, -0.1) is 0 Å². The molecule has 8 nitrogen and oxygen atoms in total. The minimum Gasteiger partial charge on any atom is -0.441 e. The molecule has 0 saturated carbocycles. The second kappa shape index (κ2) is 11.9. The summed E-state index contributed by atoms with van der Waals surface area (Å²) < 4.78 is 19.0. The first-order valence-corrected chi connectivity index (χ1v) is 12.7. The van der Waals surface area contributed by atoms with Gasteiger partial charge in [-0.3, -0.25) is 0 Å². The number of halogens is 1. The number of thioether (sulfide) groups is 1. The average Bonchev–Trinajstić information content (AvgIpc) is 3.30. The van der Waals surface area contributed by atoms with E-state index >= 15 is 0 Å². The van der Waals surface area contributed by atoms with Crippen LogP contribution < -0.4 is 5.73 Å². The van der Waals surface area contributed by atoms with Crippen LogP contribution >= 0.6 is 11.8 Å². The van der Waals surface area contributed by atoms with Crippen molar-refractivity contribution in [3.63, 3.8) is 0 Å². The summed E-state index contributed by atoms with van der Waals surface area (Å²) in [5, 5.41) is 38.8. The Morgan fingerprint density at radius 1 is 1.03 bits per heavy atom. The molecule has 10 heteroatoms. The van der Waals surface area contributed by atoms with Crippen molar-refractivity contribution in [2.75, 3.05) is 12.3 Å². The van der Waals surface area contributed by atoms with Crippen molar-refractivity contribution in [3.05, 3.63) is 82.5 Å². The van der Waals surface area contributed by atoms with Crippen LogP contribution in [0.25, 0.3) is 22.6 Å². The molecule has 2 aromatic heterocycles. The molecule has 0 spiro atoms. The summed E-state index contributed by atoms with van der Waals surface area (Å²) in [5.41, 5.74) is 9.73. The number of aliphatic hydroxyl groups is 2. The van der Waals surface area contributed by atoms with E-state index in [1.807, 2.05) is 12.1 Å². The van der Waals surface area contributed by atoms with E-state index in [2.05, 4.69) is 22.1 Å². The summed E-state index contributed by atoms with van der Waals surface area (Å²) in [6.45, 7) is 1.47. The summed E-state index contributed by atoms with van der Waals surface area (Å²) in [6.07, 6.45) is 0.190. The van der Waals surface area contributed by atoms with Crippen LogP contribution in [0, 0.1) is 35.4 Å². The van der Waals surface area contributed by atoms with Gasteiger partial charge in [-0.2, -0.15) is 10.5 Å². The van der Waals surface area contributed by atoms with E-state index in [-0.39, 0.29) is 29.4 Å². The molecule has 4 N–H and O–H groups in total. The molecular formula is C28H24FN5O3S. The second-order valence-electron chi connectivity index (χ2n) is 8.54. The summed E-state index contributed by atoms with van der Waals surface area (Å²) in [6, 6.07) is 17.4. The van der Waals surface area contributed by atoms with Crippen LogP contribution in [0.5, 0.6) is 0 Å². The predicted molar refractivity (Wildman–Crippen MR) is 141 cm³/mol. The highest BCUT2D eigenvalue weighted by Gasteiger charge is 2.22. The molecule has 38 heavy (non-hydrogen) atoms. The first kappa shape index (κ1) is 26.8. The van der Waals surface area contributed by atoms with E-state index < -0.39 is 6.10 Å². The molecule has 0 bridgehead atoms. The van der Waals surface area contributed by atoms with E-state index in [0.29, 0.717) is 57.7 Å². The lowest BCUT2D eigenvalue weighted by Gasteiger charge is -2.13. The van der Waals surface area contributed by atoms with Crippen molar-refractivity contribution in [1.29, 1.82) is 10.5 Å².